The molecule has 4 aromatic rings. The van der Waals surface area contributed by atoms with Crippen molar-refractivity contribution in [3.63, 3.8) is 0 Å². The van der Waals surface area contributed by atoms with Gasteiger partial charge in [0.25, 0.3) is 5.91 Å². The van der Waals surface area contributed by atoms with Crippen LogP contribution in [0.2, 0.25) is 0 Å². The Morgan fingerprint density at radius 1 is 1.00 bits per heavy atom. The predicted octanol–water partition coefficient (Wildman–Crippen LogP) is 3.97. The van der Waals surface area contributed by atoms with E-state index in [-0.39, 0.29) is 5.91 Å². The third kappa shape index (κ3) is 3.38. The number of hydrogen-bond acceptors (Lipinski definition) is 5. The predicted molar refractivity (Wildman–Crippen MR) is 111 cm³/mol. The minimum absolute atomic E-state index is 0.230. The number of methoxy groups -OCH3 is 2. The monoisotopic (exact) mass is 388 g/mol. The molecule has 0 atom stereocenters. The Morgan fingerprint density at radius 2 is 1.76 bits per heavy atom. The molecule has 0 saturated heterocycles. The molecule has 0 fully saturated rings. The number of carbonyl (C=O) groups is 1. The molecule has 0 unspecified atom stereocenters. The van der Waals surface area contributed by atoms with Crippen molar-refractivity contribution >= 4 is 17.2 Å². The van der Waals surface area contributed by atoms with Crippen LogP contribution in [0.5, 0.6) is 11.5 Å². The Morgan fingerprint density at radius 3 is 2.48 bits per heavy atom. The van der Waals surface area contributed by atoms with Crippen molar-refractivity contribution < 1.29 is 14.3 Å². The summed E-state index contributed by atoms with van der Waals surface area (Å²) in [6, 6.07) is 14.9. The Labute approximate surface area is 167 Å². The number of aryl methyl sites for hydroxylation is 1. The van der Waals surface area contributed by atoms with Gasteiger partial charge in [0.15, 0.2) is 17.1 Å². The number of fused-ring (bicyclic) bond motifs is 1. The summed E-state index contributed by atoms with van der Waals surface area (Å²) in [6.45, 7) is 1.85. The number of amides is 1. The Balaban J connectivity index is 1.72. The summed E-state index contributed by atoms with van der Waals surface area (Å²) in [7, 11) is 3.19. The van der Waals surface area contributed by atoms with Crippen molar-refractivity contribution in [2.24, 2.45) is 0 Å². The summed E-state index contributed by atoms with van der Waals surface area (Å²) in [4.78, 5) is 17.2. The fourth-order valence-electron chi connectivity index (χ4n) is 3.20. The molecule has 1 N–H and O–H groups in total. The van der Waals surface area contributed by atoms with Crippen LogP contribution in [0.1, 0.15) is 16.1 Å². The normalized spacial score (nSPS) is 10.7. The zero-order chi connectivity index (χ0) is 20.4. The van der Waals surface area contributed by atoms with Gasteiger partial charge in [0.05, 0.1) is 31.7 Å². The number of ether oxygens (including phenoxy) is 2. The molecule has 0 aliphatic carbocycles. The van der Waals surface area contributed by atoms with Gasteiger partial charge in [-0.15, -0.1) is 0 Å². The molecule has 29 heavy (non-hydrogen) atoms. The molecule has 0 saturated carbocycles. The summed E-state index contributed by atoms with van der Waals surface area (Å²) >= 11 is 0. The van der Waals surface area contributed by atoms with Crippen molar-refractivity contribution in [3.8, 4) is 22.6 Å². The minimum Gasteiger partial charge on any atom is -0.493 e. The van der Waals surface area contributed by atoms with E-state index < -0.39 is 0 Å². The zero-order valence-corrected chi connectivity index (χ0v) is 16.3. The van der Waals surface area contributed by atoms with Crippen LogP contribution in [0.3, 0.4) is 0 Å². The number of benzene rings is 2. The number of anilines is 1. The standard InChI is InChI=1S/C22H20N4O3/c1-14-17(22(27)25-16-7-5-4-6-8-16)12-23-21-18(13-24-26(14)21)15-9-10-19(28-2)20(11-15)29-3/h4-13H,1-3H3,(H,25,27). The number of aromatic nitrogens is 3. The third-order valence-electron chi connectivity index (χ3n) is 4.74. The first-order chi connectivity index (χ1) is 14.1. The first-order valence-corrected chi connectivity index (χ1v) is 9.04. The van der Waals surface area contributed by atoms with Crippen LogP contribution in [0.15, 0.2) is 60.9 Å². The molecule has 0 aliphatic rings. The van der Waals surface area contributed by atoms with Crippen LogP contribution in [0.25, 0.3) is 16.8 Å². The van der Waals surface area contributed by atoms with Gasteiger partial charge in [-0.1, -0.05) is 24.3 Å². The molecule has 7 heteroatoms. The number of nitrogens with one attached hydrogen (secondary N) is 1. The molecular formula is C22H20N4O3. The molecule has 2 heterocycles. The van der Waals surface area contributed by atoms with Crippen molar-refractivity contribution in [1.29, 1.82) is 0 Å². The molecule has 0 radical (unpaired) electrons. The SMILES string of the molecule is COc1ccc(-c2cnn3c(C)c(C(=O)Nc4ccccc4)cnc23)cc1OC. The van der Waals surface area contributed by atoms with Crippen LogP contribution >= 0.6 is 0 Å². The Bertz CT molecular complexity index is 1190. The summed E-state index contributed by atoms with van der Waals surface area (Å²) in [5, 5.41) is 7.32. The lowest BCUT2D eigenvalue weighted by molar-refractivity contribution is 0.102. The van der Waals surface area contributed by atoms with Gasteiger partial charge in [0, 0.05) is 17.4 Å². The second kappa shape index (κ2) is 7.63. The lowest BCUT2D eigenvalue weighted by Crippen LogP contribution is -2.16. The minimum atomic E-state index is -0.230. The fourth-order valence-corrected chi connectivity index (χ4v) is 3.20. The van der Waals surface area contributed by atoms with Crippen LogP contribution in [-0.4, -0.2) is 34.7 Å². The van der Waals surface area contributed by atoms with E-state index in [1.165, 1.54) is 0 Å². The average Bonchev–Trinajstić information content (AvgIpc) is 3.19. The van der Waals surface area contributed by atoms with Gasteiger partial charge in [-0.25, -0.2) is 9.50 Å². The zero-order valence-electron chi connectivity index (χ0n) is 16.3. The first kappa shape index (κ1) is 18.5. The first-order valence-electron chi connectivity index (χ1n) is 9.04. The van der Waals surface area contributed by atoms with E-state index in [0.717, 1.165) is 16.8 Å². The van der Waals surface area contributed by atoms with E-state index in [9.17, 15) is 4.79 Å². The number of nitrogens with zero attached hydrogens (tertiary/aromatic N) is 3. The van der Waals surface area contributed by atoms with E-state index >= 15 is 0 Å². The largest absolute Gasteiger partial charge is 0.493 e. The van der Waals surface area contributed by atoms with Gasteiger partial charge < -0.3 is 14.8 Å². The molecule has 2 aromatic carbocycles. The van der Waals surface area contributed by atoms with Crippen LogP contribution in [0, 0.1) is 6.92 Å². The van der Waals surface area contributed by atoms with Crippen molar-refractivity contribution in [3.05, 3.63) is 72.2 Å². The lowest BCUT2D eigenvalue weighted by Gasteiger charge is -2.10. The van der Waals surface area contributed by atoms with E-state index in [0.29, 0.717) is 28.4 Å². The highest BCUT2D eigenvalue weighted by Gasteiger charge is 2.17. The number of rotatable bonds is 5. The molecule has 0 spiro atoms. The fraction of sp³-hybridized carbons (Fsp3) is 0.136. The van der Waals surface area contributed by atoms with E-state index in [1.807, 2.05) is 55.5 Å². The molecular weight excluding hydrogens is 368 g/mol. The molecule has 7 nitrogen and oxygen atoms in total. The Hall–Kier alpha value is -3.87. The maximum Gasteiger partial charge on any atom is 0.259 e. The van der Waals surface area contributed by atoms with Crippen LogP contribution < -0.4 is 14.8 Å². The van der Waals surface area contributed by atoms with Gasteiger partial charge >= 0.3 is 0 Å². The second-order valence-electron chi connectivity index (χ2n) is 6.44. The summed E-state index contributed by atoms with van der Waals surface area (Å²) < 4.78 is 12.4. The van der Waals surface area contributed by atoms with E-state index in [2.05, 4.69) is 15.4 Å². The van der Waals surface area contributed by atoms with Crippen LogP contribution in [-0.2, 0) is 0 Å². The van der Waals surface area contributed by atoms with Gasteiger partial charge in [-0.05, 0) is 36.8 Å². The van der Waals surface area contributed by atoms with Crippen LogP contribution in [0.4, 0.5) is 5.69 Å². The lowest BCUT2D eigenvalue weighted by atomic mass is 10.1. The quantitative estimate of drug-likeness (QED) is 0.560. The molecule has 2 aromatic heterocycles. The van der Waals surface area contributed by atoms with Gasteiger partial charge in [-0.3, -0.25) is 4.79 Å². The summed E-state index contributed by atoms with van der Waals surface area (Å²) in [5.74, 6) is 1.04. The summed E-state index contributed by atoms with van der Waals surface area (Å²) in [6.07, 6.45) is 3.31. The van der Waals surface area contributed by atoms with Gasteiger partial charge in [-0.2, -0.15) is 5.10 Å². The molecule has 0 aliphatic heterocycles. The highest BCUT2D eigenvalue weighted by atomic mass is 16.5. The Kier molecular flexibility index (Phi) is 4.87. The molecule has 4 rings (SSSR count). The maximum atomic E-state index is 12.7. The molecule has 1 amide bonds. The summed E-state index contributed by atoms with van der Waals surface area (Å²) in [5.41, 5.74) is 4.28. The average molecular weight is 388 g/mol. The highest BCUT2D eigenvalue weighted by molar-refractivity contribution is 6.05. The third-order valence-corrected chi connectivity index (χ3v) is 4.74. The highest BCUT2D eigenvalue weighted by Crippen LogP contribution is 2.33. The number of carbonyl (C=O) groups excluding carboxylic acids is 1. The second-order valence-corrected chi connectivity index (χ2v) is 6.44. The van der Waals surface area contributed by atoms with E-state index in [4.69, 9.17) is 9.47 Å². The molecule has 0 bridgehead atoms. The molecule has 146 valence electrons. The van der Waals surface area contributed by atoms with E-state index in [1.54, 1.807) is 31.1 Å². The number of para-hydroxylation sites is 1. The maximum absolute atomic E-state index is 12.7. The topological polar surface area (TPSA) is 77.8 Å². The smallest absolute Gasteiger partial charge is 0.259 e. The van der Waals surface area contributed by atoms with Crippen molar-refractivity contribution in [1.82, 2.24) is 14.6 Å². The van der Waals surface area contributed by atoms with Gasteiger partial charge in [0.1, 0.15) is 0 Å². The van der Waals surface area contributed by atoms with Crippen molar-refractivity contribution in [2.75, 3.05) is 19.5 Å². The van der Waals surface area contributed by atoms with Gasteiger partial charge in [0.2, 0.25) is 0 Å². The van der Waals surface area contributed by atoms with Crippen molar-refractivity contribution in [2.45, 2.75) is 6.92 Å². The number of hydrogen-bond donors (Lipinski definition) is 1.